The topological polar surface area (TPSA) is 58.9 Å². The molecule has 0 spiro atoms. The Kier molecular flexibility index (Phi) is 5.10. The number of aliphatic imine (C=N–C) groups is 2. The molecule has 0 unspecified atom stereocenters. The fourth-order valence-corrected chi connectivity index (χ4v) is 2.38. The Morgan fingerprint density at radius 1 is 1.25 bits per heavy atom. The van der Waals surface area contributed by atoms with E-state index in [2.05, 4.69) is 16.9 Å². The van der Waals surface area contributed by atoms with Gasteiger partial charge in [0.1, 0.15) is 0 Å². The first-order chi connectivity index (χ1) is 7.70. The van der Waals surface area contributed by atoms with Crippen LogP contribution in [0.5, 0.6) is 0 Å². The molecule has 0 radical (unpaired) electrons. The average Bonchev–Trinajstić information content (AvgIpc) is 2.29. The Hall–Kier alpha value is -1.24. The lowest BCUT2D eigenvalue weighted by atomic mass is 9.71. The molecule has 1 saturated carbocycles. The molecule has 1 aliphatic rings. The van der Waals surface area contributed by atoms with Crippen LogP contribution in [0.3, 0.4) is 0 Å². The van der Waals surface area contributed by atoms with Crippen LogP contribution in [0.15, 0.2) is 9.98 Å². The molecule has 1 fully saturated rings. The van der Waals surface area contributed by atoms with Crippen LogP contribution >= 0.6 is 0 Å². The van der Waals surface area contributed by atoms with Gasteiger partial charge in [-0.25, -0.2) is 19.6 Å². The van der Waals surface area contributed by atoms with Gasteiger partial charge in [-0.15, -0.1) is 0 Å². The largest absolute Gasteiger partial charge is 0.235 e. The molecule has 0 aromatic heterocycles. The minimum absolute atomic E-state index is 0.179. The summed E-state index contributed by atoms with van der Waals surface area (Å²) in [4.78, 5) is 27.4. The van der Waals surface area contributed by atoms with Crippen LogP contribution in [-0.2, 0) is 9.59 Å². The van der Waals surface area contributed by atoms with Crippen LogP contribution in [0.2, 0.25) is 0 Å². The monoisotopic (exact) mass is 222 g/mol. The summed E-state index contributed by atoms with van der Waals surface area (Å²) < 4.78 is 0. The summed E-state index contributed by atoms with van der Waals surface area (Å²) in [6, 6.07) is 0.179. The SMILES string of the molecule is CC1(CCCN=C=O)CCC(N=C=O)CC1. The molecule has 0 N–H and O–H groups in total. The molecule has 88 valence electrons. The van der Waals surface area contributed by atoms with Gasteiger partial charge >= 0.3 is 0 Å². The van der Waals surface area contributed by atoms with Crippen LogP contribution in [0.1, 0.15) is 45.4 Å². The summed E-state index contributed by atoms with van der Waals surface area (Å²) >= 11 is 0. The molecular weight excluding hydrogens is 204 g/mol. The van der Waals surface area contributed by atoms with Crippen LogP contribution in [0, 0.1) is 5.41 Å². The van der Waals surface area contributed by atoms with Gasteiger partial charge in [0.05, 0.1) is 12.6 Å². The van der Waals surface area contributed by atoms with Gasteiger partial charge in [-0.2, -0.15) is 0 Å². The molecule has 1 aliphatic carbocycles. The fraction of sp³-hybridized carbons (Fsp3) is 0.833. The van der Waals surface area contributed by atoms with Gasteiger partial charge in [-0.1, -0.05) is 6.92 Å². The van der Waals surface area contributed by atoms with Gasteiger partial charge in [-0.3, -0.25) is 0 Å². The standard InChI is InChI=1S/C12H18N2O2/c1-12(5-2-8-13-9-15)6-3-11(4-7-12)14-10-16/h11H,2-8H2,1H3. The molecule has 0 atom stereocenters. The average molecular weight is 222 g/mol. The summed E-state index contributed by atoms with van der Waals surface area (Å²) in [7, 11) is 0. The number of rotatable bonds is 5. The quantitative estimate of drug-likeness (QED) is 0.407. The molecule has 0 bridgehead atoms. The van der Waals surface area contributed by atoms with Crippen LogP contribution in [0.25, 0.3) is 0 Å². The molecular formula is C12H18N2O2. The van der Waals surface area contributed by atoms with Crippen molar-refractivity contribution in [1.29, 1.82) is 0 Å². The Morgan fingerprint density at radius 3 is 2.50 bits per heavy atom. The van der Waals surface area contributed by atoms with Gasteiger partial charge in [0.15, 0.2) is 0 Å². The fourth-order valence-electron chi connectivity index (χ4n) is 2.38. The minimum atomic E-state index is 0.179. The number of hydrogen-bond donors (Lipinski definition) is 0. The van der Waals surface area contributed by atoms with Gasteiger partial charge in [0, 0.05) is 0 Å². The zero-order valence-corrected chi connectivity index (χ0v) is 9.74. The highest BCUT2D eigenvalue weighted by Gasteiger charge is 2.30. The second-order valence-electron chi connectivity index (χ2n) is 4.84. The van der Waals surface area contributed by atoms with Crippen molar-refractivity contribution in [3.8, 4) is 0 Å². The number of carbonyl (C=O) groups excluding carboxylic acids is 2. The summed E-state index contributed by atoms with van der Waals surface area (Å²) in [5.74, 6) is 0. The first kappa shape index (κ1) is 12.8. The second-order valence-corrected chi connectivity index (χ2v) is 4.84. The van der Waals surface area contributed by atoms with E-state index in [4.69, 9.17) is 0 Å². The molecule has 0 aliphatic heterocycles. The van der Waals surface area contributed by atoms with Gasteiger partial charge in [-0.05, 0) is 43.9 Å². The molecule has 4 heteroatoms. The highest BCUT2D eigenvalue weighted by atomic mass is 16.1. The zero-order chi connectivity index (χ0) is 11.9. The Bertz CT molecular complexity index is 301. The molecule has 16 heavy (non-hydrogen) atoms. The highest BCUT2D eigenvalue weighted by Crippen LogP contribution is 2.40. The molecule has 0 heterocycles. The van der Waals surface area contributed by atoms with Crippen molar-refractivity contribution in [2.24, 2.45) is 15.4 Å². The van der Waals surface area contributed by atoms with Crippen LogP contribution in [-0.4, -0.2) is 24.7 Å². The number of hydrogen-bond acceptors (Lipinski definition) is 4. The molecule has 0 aromatic rings. The van der Waals surface area contributed by atoms with E-state index in [0.29, 0.717) is 12.0 Å². The predicted octanol–water partition coefficient (Wildman–Crippen LogP) is 2.39. The van der Waals surface area contributed by atoms with E-state index >= 15 is 0 Å². The van der Waals surface area contributed by atoms with Crippen molar-refractivity contribution in [2.75, 3.05) is 6.54 Å². The van der Waals surface area contributed by atoms with E-state index in [-0.39, 0.29) is 6.04 Å². The van der Waals surface area contributed by atoms with E-state index in [9.17, 15) is 9.59 Å². The first-order valence-electron chi connectivity index (χ1n) is 5.81. The summed E-state index contributed by atoms with van der Waals surface area (Å²) in [6.45, 7) is 2.84. The molecule has 0 amide bonds. The smallest absolute Gasteiger partial charge is 0.211 e. The first-order valence-corrected chi connectivity index (χ1v) is 5.81. The molecule has 4 nitrogen and oxygen atoms in total. The normalized spacial score (nSPS) is 28.9. The minimum Gasteiger partial charge on any atom is -0.211 e. The molecule has 1 rings (SSSR count). The number of isocyanates is 2. The summed E-state index contributed by atoms with van der Waals surface area (Å²) in [5, 5.41) is 0. The van der Waals surface area contributed by atoms with E-state index < -0.39 is 0 Å². The van der Waals surface area contributed by atoms with Gasteiger partial charge in [0.25, 0.3) is 0 Å². The van der Waals surface area contributed by atoms with Gasteiger partial charge < -0.3 is 0 Å². The lowest BCUT2D eigenvalue weighted by Crippen LogP contribution is -2.26. The maximum atomic E-state index is 10.1. The van der Waals surface area contributed by atoms with Crippen molar-refractivity contribution in [3.63, 3.8) is 0 Å². The van der Waals surface area contributed by atoms with Crippen LogP contribution in [0.4, 0.5) is 0 Å². The third-order valence-corrected chi connectivity index (χ3v) is 3.51. The van der Waals surface area contributed by atoms with Crippen molar-refractivity contribution >= 4 is 12.2 Å². The molecule has 0 saturated heterocycles. The van der Waals surface area contributed by atoms with E-state index in [1.165, 1.54) is 0 Å². The Labute approximate surface area is 95.9 Å². The van der Waals surface area contributed by atoms with Crippen molar-refractivity contribution in [2.45, 2.75) is 51.5 Å². The number of nitrogens with zero attached hydrogens (tertiary/aromatic N) is 2. The van der Waals surface area contributed by atoms with Crippen molar-refractivity contribution in [3.05, 3.63) is 0 Å². The van der Waals surface area contributed by atoms with E-state index in [1.54, 1.807) is 12.2 Å². The lowest BCUT2D eigenvalue weighted by molar-refractivity contribution is 0.182. The van der Waals surface area contributed by atoms with E-state index in [0.717, 1.165) is 38.5 Å². The van der Waals surface area contributed by atoms with Crippen molar-refractivity contribution in [1.82, 2.24) is 0 Å². The summed E-state index contributed by atoms with van der Waals surface area (Å²) in [6.07, 6.45) is 9.35. The van der Waals surface area contributed by atoms with Gasteiger partial charge in [0.2, 0.25) is 12.2 Å². The predicted molar refractivity (Wildman–Crippen MR) is 60.7 cm³/mol. The summed E-state index contributed by atoms with van der Waals surface area (Å²) in [5.41, 5.74) is 0.327. The van der Waals surface area contributed by atoms with Crippen LogP contribution < -0.4 is 0 Å². The maximum Gasteiger partial charge on any atom is 0.235 e. The zero-order valence-electron chi connectivity index (χ0n) is 9.74. The second kappa shape index (κ2) is 6.37. The third kappa shape index (κ3) is 4.09. The highest BCUT2D eigenvalue weighted by molar-refractivity contribution is 5.33. The maximum absolute atomic E-state index is 10.1. The third-order valence-electron chi connectivity index (χ3n) is 3.51. The van der Waals surface area contributed by atoms with Crippen molar-refractivity contribution < 1.29 is 9.59 Å². The Morgan fingerprint density at radius 2 is 1.94 bits per heavy atom. The Balaban J connectivity index is 2.31. The lowest BCUT2D eigenvalue weighted by Gasteiger charge is -2.35. The molecule has 0 aromatic carbocycles. The van der Waals surface area contributed by atoms with E-state index in [1.807, 2.05) is 0 Å².